The maximum atomic E-state index is 12.9. The highest BCUT2D eigenvalue weighted by molar-refractivity contribution is 5.94. The molecule has 3 aliphatic rings. The molecule has 1 aromatic carbocycles. The van der Waals surface area contributed by atoms with E-state index in [1.807, 2.05) is 29.2 Å². The van der Waals surface area contributed by atoms with Crippen molar-refractivity contribution in [3.8, 4) is 5.75 Å². The second kappa shape index (κ2) is 8.39. The highest BCUT2D eigenvalue weighted by Gasteiger charge is 2.45. The molecular weight excluding hydrogens is 354 g/mol. The van der Waals surface area contributed by atoms with E-state index in [9.17, 15) is 4.79 Å². The van der Waals surface area contributed by atoms with Crippen LogP contribution in [0.1, 0.15) is 29.6 Å². The standard InChI is InChI=1S/C22H33N3O3/c1-23-17-22(15-19(23)16-24-11-13-28-14-12-24)7-9-25(10-8-22)21(26)18-3-5-20(27-2)6-4-18/h3-6,19H,7-17H2,1-2H3. The molecular formula is C22H33N3O3. The van der Waals surface area contributed by atoms with Gasteiger partial charge in [0.1, 0.15) is 5.75 Å². The lowest BCUT2D eigenvalue weighted by Gasteiger charge is -2.39. The topological polar surface area (TPSA) is 45.3 Å². The molecule has 3 saturated heterocycles. The van der Waals surface area contributed by atoms with E-state index < -0.39 is 0 Å². The van der Waals surface area contributed by atoms with Gasteiger partial charge in [0.05, 0.1) is 20.3 Å². The Labute approximate surface area is 168 Å². The molecule has 1 spiro atoms. The van der Waals surface area contributed by atoms with Crippen LogP contribution in [0.5, 0.6) is 5.75 Å². The summed E-state index contributed by atoms with van der Waals surface area (Å²) in [5, 5.41) is 0. The predicted octanol–water partition coefficient (Wildman–Crippen LogP) is 1.95. The van der Waals surface area contributed by atoms with Crippen LogP contribution in [0.15, 0.2) is 24.3 Å². The van der Waals surface area contributed by atoms with Crippen molar-refractivity contribution >= 4 is 5.91 Å². The molecule has 0 bridgehead atoms. The van der Waals surface area contributed by atoms with Gasteiger partial charge in [0.15, 0.2) is 0 Å². The molecule has 154 valence electrons. The minimum atomic E-state index is 0.147. The molecule has 1 aromatic rings. The van der Waals surface area contributed by atoms with Crippen LogP contribution in [-0.4, -0.2) is 93.3 Å². The predicted molar refractivity (Wildman–Crippen MR) is 109 cm³/mol. The van der Waals surface area contributed by atoms with Crippen molar-refractivity contribution in [3.63, 3.8) is 0 Å². The Kier molecular flexibility index (Phi) is 5.90. The molecule has 3 aliphatic heterocycles. The van der Waals surface area contributed by atoms with Gasteiger partial charge in [0.25, 0.3) is 5.91 Å². The number of carbonyl (C=O) groups excluding carboxylic acids is 1. The summed E-state index contributed by atoms with van der Waals surface area (Å²) in [6.45, 7) is 7.88. The van der Waals surface area contributed by atoms with Crippen LogP contribution in [0, 0.1) is 5.41 Å². The Morgan fingerprint density at radius 1 is 1.14 bits per heavy atom. The lowest BCUT2D eigenvalue weighted by Crippen LogP contribution is -2.44. The maximum Gasteiger partial charge on any atom is 0.253 e. The van der Waals surface area contributed by atoms with Crippen LogP contribution in [0.2, 0.25) is 0 Å². The Bertz CT molecular complexity index is 664. The number of hydrogen-bond donors (Lipinski definition) is 0. The molecule has 3 fully saturated rings. The van der Waals surface area contributed by atoms with Crippen molar-refractivity contribution in [3.05, 3.63) is 29.8 Å². The number of hydrogen-bond acceptors (Lipinski definition) is 5. The second-order valence-electron chi connectivity index (χ2n) is 8.71. The van der Waals surface area contributed by atoms with Crippen molar-refractivity contribution in [2.75, 3.05) is 66.6 Å². The van der Waals surface area contributed by atoms with Gasteiger partial charge in [-0.3, -0.25) is 9.69 Å². The number of rotatable bonds is 4. The number of morpholine rings is 1. The fraction of sp³-hybridized carbons (Fsp3) is 0.682. The van der Waals surface area contributed by atoms with Crippen LogP contribution in [0.3, 0.4) is 0 Å². The number of carbonyl (C=O) groups is 1. The first-order valence-electron chi connectivity index (χ1n) is 10.5. The monoisotopic (exact) mass is 387 g/mol. The van der Waals surface area contributed by atoms with E-state index in [0.29, 0.717) is 11.5 Å². The summed E-state index contributed by atoms with van der Waals surface area (Å²) < 4.78 is 10.7. The summed E-state index contributed by atoms with van der Waals surface area (Å²) >= 11 is 0. The van der Waals surface area contributed by atoms with E-state index in [1.165, 1.54) is 6.42 Å². The lowest BCUT2D eigenvalue weighted by atomic mass is 9.76. The molecule has 3 heterocycles. The highest BCUT2D eigenvalue weighted by Crippen LogP contribution is 2.43. The van der Waals surface area contributed by atoms with Crippen LogP contribution in [0.25, 0.3) is 0 Å². The zero-order valence-electron chi connectivity index (χ0n) is 17.2. The average molecular weight is 388 g/mol. The largest absolute Gasteiger partial charge is 0.497 e. The summed E-state index contributed by atoms with van der Waals surface area (Å²) in [6, 6.07) is 8.09. The lowest BCUT2D eigenvalue weighted by molar-refractivity contribution is 0.0283. The minimum Gasteiger partial charge on any atom is -0.497 e. The first-order valence-corrected chi connectivity index (χ1v) is 10.5. The third-order valence-corrected chi connectivity index (χ3v) is 6.90. The molecule has 0 saturated carbocycles. The third-order valence-electron chi connectivity index (χ3n) is 6.90. The van der Waals surface area contributed by atoms with Gasteiger partial charge in [0.2, 0.25) is 0 Å². The van der Waals surface area contributed by atoms with Gasteiger partial charge in [-0.1, -0.05) is 0 Å². The summed E-state index contributed by atoms with van der Waals surface area (Å²) in [7, 11) is 3.92. The van der Waals surface area contributed by atoms with E-state index in [2.05, 4.69) is 16.8 Å². The van der Waals surface area contributed by atoms with E-state index >= 15 is 0 Å². The first kappa shape index (κ1) is 19.7. The number of methoxy groups -OCH3 is 1. The molecule has 6 heteroatoms. The van der Waals surface area contributed by atoms with Crippen LogP contribution in [-0.2, 0) is 4.74 Å². The summed E-state index contributed by atoms with van der Waals surface area (Å²) in [4.78, 5) is 20.0. The summed E-state index contributed by atoms with van der Waals surface area (Å²) in [5.41, 5.74) is 1.13. The third kappa shape index (κ3) is 4.19. The fourth-order valence-corrected chi connectivity index (χ4v) is 5.13. The summed E-state index contributed by atoms with van der Waals surface area (Å²) in [5.74, 6) is 0.933. The van der Waals surface area contributed by atoms with E-state index in [1.54, 1.807) is 7.11 Å². The minimum absolute atomic E-state index is 0.147. The number of ether oxygens (including phenoxy) is 2. The number of benzene rings is 1. The Balaban J connectivity index is 1.32. The Morgan fingerprint density at radius 2 is 1.82 bits per heavy atom. The second-order valence-corrected chi connectivity index (χ2v) is 8.71. The molecule has 4 rings (SSSR count). The van der Waals surface area contributed by atoms with E-state index in [4.69, 9.17) is 9.47 Å². The van der Waals surface area contributed by atoms with Crippen LogP contribution >= 0.6 is 0 Å². The average Bonchev–Trinajstić information content (AvgIpc) is 3.03. The zero-order chi connectivity index (χ0) is 19.6. The molecule has 0 N–H and O–H groups in total. The SMILES string of the molecule is COc1ccc(C(=O)N2CCC3(CC2)CC(CN2CCOCC2)N(C)C3)cc1. The van der Waals surface area contributed by atoms with Gasteiger partial charge in [-0.15, -0.1) is 0 Å². The quantitative estimate of drug-likeness (QED) is 0.790. The van der Waals surface area contributed by atoms with Gasteiger partial charge in [-0.05, 0) is 56.0 Å². The number of piperidine rings is 1. The molecule has 1 atom stereocenters. The van der Waals surface area contributed by atoms with Crippen LogP contribution < -0.4 is 4.74 Å². The van der Waals surface area contributed by atoms with Gasteiger partial charge in [-0.25, -0.2) is 0 Å². The normalized spacial score (nSPS) is 25.9. The van der Waals surface area contributed by atoms with Gasteiger partial charge < -0.3 is 19.3 Å². The van der Waals surface area contributed by atoms with Crippen molar-refractivity contribution < 1.29 is 14.3 Å². The molecule has 1 amide bonds. The van der Waals surface area contributed by atoms with Crippen molar-refractivity contribution in [2.24, 2.45) is 5.41 Å². The van der Waals surface area contributed by atoms with Gasteiger partial charge in [0, 0.05) is 50.9 Å². The Hall–Kier alpha value is -1.63. The smallest absolute Gasteiger partial charge is 0.253 e. The maximum absolute atomic E-state index is 12.9. The number of likely N-dealkylation sites (N-methyl/N-ethyl adjacent to an activating group) is 1. The number of likely N-dealkylation sites (tertiary alicyclic amines) is 2. The molecule has 28 heavy (non-hydrogen) atoms. The van der Waals surface area contributed by atoms with Crippen molar-refractivity contribution in [1.29, 1.82) is 0 Å². The molecule has 0 aromatic heterocycles. The molecule has 0 aliphatic carbocycles. The molecule has 6 nitrogen and oxygen atoms in total. The number of amides is 1. The number of nitrogens with zero attached hydrogens (tertiary/aromatic N) is 3. The van der Waals surface area contributed by atoms with Crippen LogP contribution in [0.4, 0.5) is 0 Å². The van der Waals surface area contributed by atoms with E-state index in [-0.39, 0.29) is 5.91 Å². The Morgan fingerprint density at radius 3 is 2.46 bits per heavy atom. The highest BCUT2D eigenvalue weighted by atomic mass is 16.5. The van der Waals surface area contributed by atoms with Crippen molar-refractivity contribution in [2.45, 2.75) is 25.3 Å². The van der Waals surface area contributed by atoms with Gasteiger partial charge >= 0.3 is 0 Å². The molecule has 0 radical (unpaired) electrons. The van der Waals surface area contributed by atoms with Crippen molar-refractivity contribution in [1.82, 2.24) is 14.7 Å². The van der Waals surface area contributed by atoms with E-state index in [0.717, 1.165) is 76.6 Å². The zero-order valence-corrected chi connectivity index (χ0v) is 17.2. The first-order chi connectivity index (χ1) is 13.6. The summed E-state index contributed by atoms with van der Waals surface area (Å²) in [6.07, 6.45) is 3.48. The molecule has 1 unspecified atom stereocenters. The fourth-order valence-electron chi connectivity index (χ4n) is 5.13. The van der Waals surface area contributed by atoms with Gasteiger partial charge in [-0.2, -0.15) is 0 Å².